The number of hydrogen-bond donors (Lipinski definition) is 1. The first-order valence-corrected chi connectivity index (χ1v) is 7.96. The van der Waals surface area contributed by atoms with E-state index < -0.39 is 0 Å². The van der Waals surface area contributed by atoms with Gasteiger partial charge in [0.15, 0.2) is 11.7 Å². The minimum atomic E-state index is -0.0631. The molecule has 3 rings (SSSR count). The second-order valence-electron chi connectivity index (χ2n) is 5.22. The molecule has 2 aromatic heterocycles. The molecule has 1 N–H and O–H groups in total. The molecule has 0 bridgehead atoms. The van der Waals surface area contributed by atoms with Gasteiger partial charge in [0.25, 0.3) is 0 Å². The van der Waals surface area contributed by atoms with Gasteiger partial charge in [0, 0.05) is 29.6 Å². The fraction of sp³-hybridized carbons (Fsp3) is 0.167. The van der Waals surface area contributed by atoms with Crippen molar-refractivity contribution in [3.63, 3.8) is 0 Å². The van der Waals surface area contributed by atoms with Crippen LogP contribution < -0.4 is 5.32 Å². The molecule has 0 unspecified atom stereocenters. The van der Waals surface area contributed by atoms with Gasteiger partial charge in [0.2, 0.25) is 5.91 Å². The molecule has 3 aromatic rings. The molecule has 0 saturated heterocycles. The number of aromatic nitrogens is 2. The number of nitrogens with zero attached hydrogens (tertiary/aromatic N) is 2. The van der Waals surface area contributed by atoms with Crippen molar-refractivity contribution in [2.75, 3.05) is 0 Å². The maximum atomic E-state index is 11.9. The zero-order valence-electron chi connectivity index (χ0n) is 12.9. The lowest BCUT2D eigenvalue weighted by Gasteiger charge is -2.03. The number of hydrogen-bond acceptors (Lipinski definition) is 4. The molecule has 0 fully saturated rings. The summed E-state index contributed by atoms with van der Waals surface area (Å²) in [4.78, 5) is 20.3. The Morgan fingerprint density at radius 3 is 2.71 bits per heavy atom. The Labute approximate surface area is 144 Å². The van der Waals surface area contributed by atoms with Gasteiger partial charge >= 0.3 is 0 Å². The van der Waals surface area contributed by atoms with Gasteiger partial charge in [0.05, 0.1) is 18.4 Å². The van der Waals surface area contributed by atoms with E-state index in [0.717, 1.165) is 11.3 Å². The van der Waals surface area contributed by atoms with E-state index in [1.807, 2.05) is 30.3 Å². The van der Waals surface area contributed by atoms with Crippen molar-refractivity contribution in [3.05, 3.63) is 71.5 Å². The van der Waals surface area contributed by atoms with Crippen molar-refractivity contribution < 1.29 is 9.21 Å². The molecule has 0 saturated carbocycles. The van der Waals surface area contributed by atoms with Crippen LogP contribution in [0.15, 0.2) is 59.3 Å². The first-order chi connectivity index (χ1) is 11.7. The molecule has 0 radical (unpaired) electrons. The van der Waals surface area contributed by atoms with Gasteiger partial charge in [-0.1, -0.05) is 17.7 Å². The minimum absolute atomic E-state index is 0.0631. The standard InChI is InChI=1S/C18H16ClN3O2/c19-14-6-4-13(5-7-14)16-12-22-18(24-16)9-8-17(23)21-11-15-3-1-2-10-20-15/h1-7,10,12H,8-9,11H2,(H,21,23). The monoisotopic (exact) mass is 341 g/mol. The molecule has 1 amide bonds. The van der Waals surface area contributed by atoms with Crippen molar-refractivity contribution in [2.24, 2.45) is 0 Å². The molecule has 0 atom stereocenters. The number of oxazole rings is 1. The number of aryl methyl sites for hydroxylation is 1. The van der Waals surface area contributed by atoms with E-state index in [1.54, 1.807) is 24.5 Å². The Morgan fingerprint density at radius 1 is 1.12 bits per heavy atom. The van der Waals surface area contributed by atoms with E-state index in [0.29, 0.717) is 36.1 Å². The summed E-state index contributed by atoms with van der Waals surface area (Å²) in [6.07, 6.45) is 4.12. The van der Waals surface area contributed by atoms with E-state index in [9.17, 15) is 4.79 Å². The molecule has 122 valence electrons. The van der Waals surface area contributed by atoms with Crippen molar-refractivity contribution in [3.8, 4) is 11.3 Å². The van der Waals surface area contributed by atoms with Crippen LogP contribution in [-0.4, -0.2) is 15.9 Å². The normalized spacial score (nSPS) is 10.5. The number of carbonyl (C=O) groups excluding carboxylic acids is 1. The first kappa shape index (κ1) is 16.2. The molecule has 6 heteroatoms. The number of halogens is 1. The maximum absolute atomic E-state index is 11.9. The summed E-state index contributed by atoms with van der Waals surface area (Å²) < 4.78 is 5.68. The number of benzene rings is 1. The number of pyridine rings is 1. The summed E-state index contributed by atoms with van der Waals surface area (Å²) in [5, 5.41) is 3.50. The van der Waals surface area contributed by atoms with Gasteiger partial charge in [-0.3, -0.25) is 9.78 Å². The highest BCUT2D eigenvalue weighted by molar-refractivity contribution is 6.30. The summed E-state index contributed by atoms with van der Waals surface area (Å²) in [5.41, 5.74) is 1.73. The smallest absolute Gasteiger partial charge is 0.220 e. The van der Waals surface area contributed by atoms with E-state index in [4.69, 9.17) is 16.0 Å². The maximum Gasteiger partial charge on any atom is 0.220 e. The molecule has 24 heavy (non-hydrogen) atoms. The predicted molar refractivity (Wildman–Crippen MR) is 91.4 cm³/mol. The van der Waals surface area contributed by atoms with Crippen LogP contribution in [0.1, 0.15) is 18.0 Å². The number of carbonyl (C=O) groups is 1. The Hall–Kier alpha value is -2.66. The van der Waals surface area contributed by atoms with Crippen molar-refractivity contribution >= 4 is 17.5 Å². The topological polar surface area (TPSA) is 68.0 Å². The zero-order valence-corrected chi connectivity index (χ0v) is 13.7. The van der Waals surface area contributed by atoms with Gasteiger partial charge in [-0.2, -0.15) is 0 Å². The lowest BCUT2D eigenvalue weighted by Crippen LogP contribution is -2.23. The van der Waals surface area contributed by atoms with Crippen LogP contribution in [0.25, 0.3) is 11.3 Å². The summed E-state index contributed by atoms with van der Waals surface area (Å²) >= 11 is 5.87. The van der Waals surface area contributed by atoms with Crippen molar-refractivity contribution in [1.82, 2.24) is 15.3 Å². The average molecular weight is 342 g/mol. The van der Waals surface area contributed by atoms with Gasteiger partial charge < -0.3 is 9.73 Å². The van der Waals surface area contributed by atoms with Crippen LogP contribution in [0.4, 0.5) is 0 Å². The molecule has 0 spiro atoms. The van der Waals surface area contributed by atoms with E-state index in [1.165, 1.54) is 0 Å². The van der Waals surface area contributed by atoms with Crippen LogP contribution in [0.3, 0.4) is 0 Å². The third kappa shape index (κ3) is 4.43. The Balaban J connectivity index is 1.50. The Kier molecular flexibility index (Phi) is 5.23. The SMILES string of the molecule is O=C(CCc1ncc(-c2ccc(Cl)cc2)o1)NCc1ccccn1. The molecule has 0 aliphatic heterocycles. The number of rotatable bonds is 6. The molecule has 0 aliphatic rings. The summed E-state index contributed by atoms with van der Waals surface area (Å²) in [7, 11) is 0. The van der Waals surface area contributed by atoms with Gasteiger partial charge in [-0.25, -0.2) is 4.98 Å². The lowest BCUT2D eigenvalue weighted by atomic mass is 10.2. The lowest BCUT2D eigenvalue weighted by molar-refractivity contribution is -0.121. The summed E-state index contributed by atoms with van der Waals surface area (Å²) in [6, 6.07) is 12.9. The average Bonchev–Trinajstić information content (AvgIpc) is 3.09. The third-order valence-corrected chi connectivity index (χ3v) is 3.69. The Bertz CT molecular complexity index is 801. The number of nitrogens with one attached hydrogen (secondary N) is 1. The fourth-order valence-corrected chi connectivity index (χ4v) is 2.30. The molecule has 2 heterocycles. The highest BCUT2D eigenvalue weighted by Gasteiger charge is 2.09. The molecular weight excluding hydrogens is 326 g/mol. The fourth-order valence-electron chi connectivity index (χ4n) is 2.17. The van der Waals surface area contributed by atoms with Gasteiger partial charge in [-0.15, -0.1) is 0 Å². The summed E-state index contributed by atoms with van der Waals surface area (Å²) in [6.45, 7) is 0.418. The van der Waals surface area contributed by atoms with Crippen molar-refractivity contribution in [2.45, 2.75) is 19.4 Å². The van der Waals surface area contributed by atoms with Crippen LogP contribution in [-0.2, 0) is 17.8 Å². The Morgan fingerprint density at radius 2 is 1.96 bits per heavy atom. The van der Waals surface area contributed by atoms with Gasteiger partial charge in [0.1, 0.15) is 0 Å². The van der Waals surface area contributed by atoms with E-state index in [2.05, 4.69) is 15.3 Å². The predicted octanol–water partition coefficient (Wildman–Crippen LogP) is 3.64. The minimum Gasteiger partial charge on any atom is -0.441 e. The van der Waals surface area contributed by atoms with E-state index >= 15 is 0 Å². The second-order valence-corrected chi connectivity index (χ2v) is 5.66. The largest absolute Gasteiger partial charge is 0.441 e. The van der Waals surface area contributed by atoms with E-state index in [-0.39, 0.29) is 5.91 Å². The van der Waals surface area contributed by atoms with Crippen LogP contribution in [0, 0.1) is 0 Å². The third-order valence-electron chi connectivity index (χ3n) is 3.44. The van der Waals surface area contributed by atoms with Crippen LogP contribution in [0.5, 0.6) is 0 Å². The molecular formula is C18H16ClN3O2. The molecule has 1 aromatic carbocycles. The summed E-state index contributed by atoms with van der Waals surface area (Å²) in [5.74, 6) is 1.13. The zero-order chi connectivity index (χ0) is 16.8. The van der Waals surface area contributed by atoms with Crippen LogP contribution in [0.2, 0.25) is 5.02 Å². The number of amides is 1. The van der Waals surface area contributed by atoms with Crippen molar-refractivity contribution in [1.29, 1.82) is 0 Å². The molecule has 0 aliphatic carbocycles. The highest BCUT2D eigenvalue weighted by Crippen LogP contribution is 2.22. The quantitative estimate of drug-likeness (QED) is 0.743. The molecule has 5 nitrogen and oxygen atoms in total. The van der Waals surface area contributed by atoms with Gasteiger partial charge in [-0.05, 0) is 36.4 Å². The highest BCUT2D eigenvalue weighted by atomic mass is 35.5. The first-order valence-electron chi connectivity index (χ1n) is 7.58. The second kappa shape index (κ2) is 7.75. The van der Waals surface area contributed by atoms with Crippen LogP contribution >= 0.6 is 11.6 Å².